The van der Waals surface area contributed by atoms with E-state index in [1.54, 1.807) is 0 Å². The van der Waals surface area contributed by atoms with Crippen molar-refractivity contribution in [1.29, 1.82) is 0 Å². The lowest BCUT2D eigenvalue weighted by molar-refractivity contribution is -0.0925. The van der Waals surface area contributed by atoms with Gasteiger partial charge in [-0.1, -0.05) is 107 Å². The Morgan fingerprint density at radius 3 is 1.82 bits per heavy atom. The largest absolute Gasteiger partial charge is 0.393 e. The maximum atomic E-state index is 6.58. The SMILES string of the molecule is CCCCCCCCCCOC(CCCCCBr)O[Si](C)(C)CCCCCC. The normalized spacial score (nSPS) is 13.2. The second kappa shape index (κ2) is 20.9. The Bertz CT molecular complexity index is 313. The zero-order valence-electron chi connectivity index (χ0n) is 19.7. The molecule has 1 unspecified atom stereocenters. The number of alkyl halides is 1. The first-order valence-corrected chi connectivity index (χ1v) is 16.6. The maximum absolute atomic E-state index is 6.58. The summed E-state index contributed by atoms with van der Waals surface area (Å²) in [7, 11) is -1.61. The number of unbranched alkanes of at least 4 members (excludes halogenated alkanes) is 12. The summed E-state index contributed by atoms with van der Waals surface area (Å²) in [6.07, 6.45) is 21.0. The standard InChI is InChI=1S/C24H51BrO2Si/c1-5-7-9-11-12-13-14-18-22-26-24(20-16-15-17-21-25)27-28(3,4)23-19-10-8-6-2/h24H,5-23H2,1-4H3. The highest BCUT2D eigenvalue weighted by Crippen LogP contribution is 2.22. The van der Waals surface area contributed by atoms with Crippen LogP contribution >= 0.6 is 15.9 Å². The Balaban J connectivity index is 4.07. The van der Waals surface area contributed by atoms with Gasteiger partial charge in [-0.2, -0.15) is 0 Å². The average molecular weight is 480 g/mol. The lowest BCUT2D eigenvalue weighted by atomic mass is 10.1. The van der Waals surface area contributed by atoms with Gasteiger partial charge < -0.3 is 9.16 Å². The van der Waals surface area contributed by atoms with Crippen molar-refractivity contribution in [1.82, 2.24) is 0 Å². The zero-order valence-corrected chi connectivity index (χ0v) is 22.3. The number of rotatable bonds is 22. The van der Waals surface area contributed by atoms with Crippen molar-refractivity contribution in [3.05, 3.63) is 0 Å². The monoisotopic (exact) mass is 478 g/mol. The Labute approximate surface area is 187 Å². The van der Waals surface area contributed by atoms with Crippen LogP contribution in [0.4, 0.5) is 0 Å². The van der Waals surface area contributed by atoms with E-state index in [2.05, 4.69) is 42.9 Å². The smallest absolute Gasteiger partial charge is 0.190 e. The first-order valence-electron chi connectivity index (χ1n) is 12.4. The molecule has 0 aromatic heterocycles. The lowest BCUT2D eigenvalue weighted by Gasteiger charge is -2.29. The van der Waals surface area contributed by atoms with E-state index in [0.29, 0.717) is 0 Å². The summed E-state index contributed by atoms with van der Waals surface area (Å²) in [4.78, 5) is 0. The van der Waals surface area contributed by atoms with E-state index in [4.69, 9.17) is 9.16 Å². The molecule has 0 aliphatic carbocycles. The van der Waals surface area contributed by atoms with Crippen molar-refractivity contribution in [2.45, 2.75) is 142 Å². The van der Waals surface area contributed by atoms with Crippen LogP contribution in [0.25, 0.3) is 0 Å². The fourth-order valence-electron chi connectivity index (χ4n) is 3.60. The van der Waals surface area contributed by atoms with E-state index in [1.807, 2.05) is 0 Å². The molecule has 0 aromatic rings. The molecule has 0 saturated carbocycles. The molecule has 0 rings (SSSR count). The molecule has 0 spiro atoms. The highest BCUT2D eigenvalue weighted by Gasteiger charge is 2.26. The molecule has 0 heterocycles. The van der Waals surface area contributed by atoms with E-state index in [9.17, 15) is 0 Å². The first-order chi connectivity index (χ1) is 13.6. The second-order valence-corrected chi connectivity index (χ2v) is 14.0. The molecule has 1 atom stereocenters. The third kappa shape index (κ3) is 19.9. The van der Waals surface area contributed by atoms with Gasteiger partial charge >= 0.3 is 0 Å². The molecule has 0 aliphatic rings. The fraction of sp³-hybridized carbons (Fsp3) is 1.00. The number of ether oxygens (including phenoxy) is 1. The van der Waals surface area contributed by atoms with Gasteiger partial charge in [0.1, 0.15) is 6.29 Å². The number of hydrogen-bond acceptors (Lipinski definition) is 2. The van der Waals surface area contributed by atoms with Crippen molar-refractivity contribution in [3.8, 4) is 0 Å². The molecule has 2 nitrogen and oxygen atoms in total. The topological polar surface area (TPSA) is 18.5 Å². The number of hydrogen-bond donors (Lipinski definition) is 0. The Kier molecular flexibility index (Phi) is 21.3. The van der Waals surface area contributed by atoms with Crippen LogP contribution < -0.4 is 0 Å². The molecule has 0 bridgehead atoms. The minimum absolute atomic E-state index is 0.0349. The van der Waals surface area contributed by atoms with E-state index in [0.717, 1.165) is 18.4 Å². The molecule has 0 N–H and O–H groups in total. The average Bonchev–Trinajstić information content (AvgIpc) is 2.67. The van der Waals surface area contributed by atoms with Gasteiger partial charge in [0.15, 0.2) is 8.32 Å². The molecule has 0 saturated heterocycles. The minimum atomic E-state index is -1.61. The highest BCUT2D eigenvalue weighted by molar-refractivity contribution is 9.09. The van der Waals surface area contributed by atoms with Gasteiger partial charge in [0.25, 0.3) is 0 Å². The number of halogens is 1. The predicted molar refractivity (Wildman–Crippen MR) is 132 cm³/mol. The van der Waals surface area contributed by atoms with Crippen LogP contribution in [0.1, 0.15) is 117 Å². The molecule has 28 heavy (non-hydrogen) atoms. The minimum Gasteiger partial charge on any atom is -0.393 e. The summed E-state index contributed by atoms with van der Waals surface area (Å²) in [6.45, 7) is 10.2. The summed E-state index contributed by atoms with van der Waals surface area (Å²) in [6, 6.07) is 1.27. The summed E-state index contributed by atoms with van der Waals surface area (Å²) in [5, 5.41) is 1.11. The summed E-state index contributed by atoms with van der Waals surface area (Å²) >= 11 is 3.54. The van der Waals surface area contributed by atoms with Gasteiger partial charge in [-0.05, 0) is 44.8 Å². The van der Waals surface area contributed by atoms with E-state index >= 15 is 0 Å². The predicted octanol–water partition coefficient (Wildman–Crippen LogP) is 9.23. The fourth-order valence-corrected chi connectivity index (χ4v) is 6.11. The van der Waals surface area contributed by atoms with Gasteiger partial charge in [0.05, 0.1) is 0 Å². The van der Waals surface area contributed by atoms with Crippen molar-refractivity contribution < 1.29 is 9.16 Å². The molecule has 4 heteroatoms. The van der Waals surface area contributed by atoms with Crippen molar-refractivity contribution in [2.24, 2.45) is 0 Å². The van der Waals surface area contributed by atoms with Crippen LogP contribution in [-0.2, 0) is 9.16 Å². The van der Waals surface area contributed by atoms with Crippen molar-refractivity contribution in [3.63, 3.8) is 0 Å². The molecule has 0 aromatic carbocycles. The van der Waals surface area contributed by atoms with Crippen molar-refractivity contribution >= 4 is 24.2 Å². The van der Waals surface area contributed by atoms with E-state index in [-0.39, 0.29) is 6.29 Å². The van der Waals surface area contributed by atoms with Gasteiger partial charge in [-0.3, -0.25) is 0 Å². The molecule has 0 aliphatic heterocycles. The van der Waals surface area contributed by atoms with Crippen LogP contribution in [-0.4, -0.2) is 26.5 Å². The third-order valence-electron chi connectivity index (χ3n) is 5.46. The molecule has 0 radical (unpaired) electrons. The first kappa shape index (κ1) is 28.6. The molecular formula is C24H51BrO2Si. The van der Waals surface area contributed by atoms with Crippen LogP contribution in [0.2, 0.25) is 19.1 Å². The van der Waals surface area contributed by atoms with E-state index in [1.165, 1.54) is 102 Å². The third-order valence-corrected chi connectivity index (χ3v) is 8.48. The van der Waals surface area contributed by atoms with E-state index < -0.39 is 8.32 Å². The highest BCUT2D eigenvalue weighted by atomic mass is 79.9. The Hall–Kier alpha value is 0.617. The molecule has 0 amide bonds. The van der Waals surface area contributed by atoms with Gasteiger partial charge in [0, 0.05) is 11.9 Å². The quantitative estimate of drug-likeness (QED) is 0.0667. The lowest BCUT2D eigenvalue weighted by Crippen LogP contribution is -2.36. The summed E-state index contributed by atoms with van der Waals surface area (Å²) in [5.41, 5.74) is 0. The maximum Gasteiger partial charge on any atom is 0.190 e. The summed E-state index contributed by atoms with van der Waals surface area (Å²) < 4.78 is 12.8. The Morgan fingerprint density at radius 2 is 1.21 bits per heavy atom. The zero-order chi connectivity index (χ0) is 20.9. The van der Waals surface area contributed by atoms with Gasteiger partial charge in [-0.15, -0.1) is 0 Å². The summed E-state index contributed by atoms with van der Waals surface area (Å²) in [5.74, 6) is 0. The molecule has 0 fully saturated rings. The van der Waals surface area contributed by atoms with Crippen LogP contribution in [0.15, 0.2) is 0 Å². The van der Waals surface area contributed by atoms with Crippen LogP contribution in [0, 0.1) is 0 Å². The second-order valence-electron chi connectivity index (χ2n) is 9.00. The van der Waals surface area contributed by atoms with Crippen LogP contribution in [0.5, 0.6) is 0 Å². The Morgan fingerprint density at radius 1 is 0.679 bits per heavy atom. The van der Waals surface area contributed by atoms with Crippen molar-refractivity contribution in [2.75, 3.05) is 11.9 Å². The van der Waals surface area contributed by atoms with Gasteiger partial charge in [-0.25, -0.2) is 0 Å². The molecular weight excluding hydrogens is 428 g/mol. The van der Waals surface area contributed by atoms with Crippen LogP contribution in [0.3, 0.4) is 0 Å². The molecule has 170 valence electrons. The van der Waals surface area contributed by atoms with Gasteiger partial charge in [0.2, 0.25) is 0 Å².